The normalized spacial score (nSPS) is 11.4. The fourth-order valence-electron chi connectivity index (χ4n) is 3.44. The Balaban J connectivity index is 1.76. The summed E-state index contributed by atoms with van der Waals surface area (Å²) in [5.41, 5.74) is 8.08. The quantitative estimate of drug-likeness (QED) is 0.285. The van der Waals surface area contributed by atoms with Crippen molar-refractivity contribution in [3.8, 4) is 16.9 Å². The van der Waals surface area contributed by atoms with Crippen molar-refractivity contribution in [2.24, 2.45) is 5.10 Å². The van der Waals surface area contributed by atoms with Gasteiger partial charge in [0.15, 0.2) is 11.5 Å². The number of nitrogens with one attached hydrogen (secondary N) is 1. The van der Waals surface area contributed by atoms with Crippen LogP contribution in [-0.2, 0) is 4.79 Å². The zero-order valence-corrected chi connectivity index (χ0v) is 18.4. The van der Waals surface area contributed by atoms with Crippen LogP contribution in [0.2, 0.25) is 0 Å². The number of fused-ring (bicyclic) bond motifs is 1. The number of aromatic nitrogens is 2. The third kappa shape index (κ3) is 5.33. The highest BCUT2D eigenvalue weighted by atomic mass is 16.5. The second-order valence-corrected chi connectivity index (χ2v) is 7.59. The van der Waals surface area contributed by atoms with Crippen molar-refractivity contribution in [1.29, 1.82) is 0 Å². The van der Waals surface area contributed by atoms with Crippen LogP contribution in [0.25, 0.3) is 22.2 Å². The molecule has 2 aromatic heterocycles. The van der Waals surface area contributed by atoms with Gasteiger partial charge in [-0.2, -0.15) is 5.10 Å². The predicted molar refractivity (Wildman–Crippen MR) is 130 cm³/mol. The number of anilines is 1. The molecule has 2 heterocycles. The molecular formula is C26H24N4O3. The van der Waals surface area contributed by atoms with Gasteiger partial charge < -0.3 is 9.84 Å². The summed E-state index contributed by atoms with van der Waals surface area (Å²) in [7, 11) is 1.63. The van der Waals surface area contributed by atoms with Crippen LogP contribution in [0.4, 0.5) is 5.82 Å². The van der Waals surface area contributed by atoms with Crippen LogP contribution in [-0.4, -0.2) is 33.9 Å². The monoisotopic (exact) mass is 440 g/mol. The number of hydrogen-bond donors (Lipinski definition) is 2. The average molecular weight is 441 g/mol. The molecule has 0 spiro atoms. The molecule has 0 saturated heterocycles. The maximum atomic E-state index is 11.2. The van der Waals surface area contributed by atoms with Crippen LogP contribution in [0.3, 0.4) is 0 Å². The van der Waals surface area contributed by atoms with Crippen LogP contribution in [0.1, 0.15) is 24.0 Å². The zero-order chi connectivity index (χ0) is 23.2. The fourth-order valence-corrected chi connectivity index (χ4v) is 3.44. The molecule has 0 fully saturated rings. The number of carbonyl (C=O) groups is 1. The number of nitrogens with zero attached hydrogens (tertiary/aromatic N) is 3. The van der Waals surface area contributed by atoms with Gasteiger partial charge in [0.25, 0.3) is 0 Å². The number of carboxylic acid groups (broad SMARTS) is 1. The number of pyridine rings is 2. The second kappa shape index (κ2) is 9.91. The molecule has 4 aromatic rings. The highest BCUT2D eigenvalue weighted by Gasteiger charge is 2.12. The van der Waals surface area contributed by atoms with Crippen LogP contribution in [0.5, 0.6) is 5.75 Å². The predicted octanol–water partition coefficient (Wildman–Crippen LogP) is 5.29. The molecule has 0 amide bonds. The number of rotatable bonds is 8. The smallest absolute Gasteiger partial charge is 0.303 e. The Morgan fingerprint density at radius 2 is 1.82 bits per heavy atom. The first-order valence-corrected chi connectivity index (χ1v) is 10.5. The van der Waals surface area contributed by atoms with Gasteiger partial charge in [-0.1, -0.05) is 42.0 Å². The van der Waals surface area contributed by atoms with Gasteiger partial charge in [-0.3, -0.25) is 10.2 Å². The van der Waals surface area contributed by atoms with Gasteiger partial charge in [-0.05, 0) is 48.4 Å². The summed E-state index contributed by atoms with van der Waals surface area (Å²) < 4.78 is 5.28. The van der Waals surface area contributed by atoms with Crippen molar-refractivity contribution in [3.63, 3.8) is 0 Å². The van der Waals surface area contributed by atoms with Gasteiger partial charge >= 0.3 is 5.97 Å². The molecule has 0 unspecified atom stereocenters. The van der Waals surface area contributed by atoms with E-state index in [0.29, 0.717) is 17.2 Å². The lowest BCUT2D eigenvalue weighted by atomic mass is 10.0. The molecule has 0 radical (unpaired) electrons. The minimum Gasteiger partial charge on any atom is -0.497 e. The maximum Gasteiger partial charge on any atom is 0.303 e. The van der Waals surface area contributed by atoms with E-state index in [-0.39, 0.29) is 12.8 Å². The molecule has 0 aliphatic rings. The van der Waals surface area contributed by atoms with Crippen molar-refractivity contribution >= 4 is 28.5 Å². The molecule has 33 heavy (non-hydrogen) atoms. The lowest BCUT2D eigenvalue weighted by Crippen LogP contribution is -2.09. The van der Waals surface area contributed by atoms with E-state index in [0.717, 1.165) is 33.4 Å². The van der Waals surface area contributed by atoms with Crippen molar-refractivity contribution in [1.82, 2.24) is 9.97 Å². The number of hydrogen-bond acceptors (Lipinski definition) is 6. The molecule has 4 rings (SSSR count). The Morgan fingerprint density at radius 3 is 2.52 bits per heavy atom. The lowest BCUT2D eigenvalue weighted by molar-refractivity contribution is -0.136. The minimum atomic E-state index is -0.873. The van der Waals surface area contributed by atoms with Crippen LogP contribution in [0, 0.1) is 6.92 Å². The Bertz CT molecular complexity index is 1300. The minimum absolute atomic E-state index is 0.0214. The van der Waals surface area contributed by atoms with E-state index in [4.69, 9.17) is 9.72 Å². The number of ether oxygens (including phenoxy) is 1. The molecule has 7 nitrogen and oxygen atoms in total. The highest BCUT2D eigenvalue weighted by Crippen LogP contribution is 2.31. The van der Waals surface area contributed by atoms with Gasteiger partial charge in [0, 0.05) is 23.6 Å². The Hall–Kier alpha value is -4.26. The van der Waals surface area contributed by atoms with E-state index >= 15 is 0 Å². The van der Waals surface area contributed by atoms with E-state index in [2.05, 4.69) is 15.5 Å². The SMILES string of the molecule is COc1ccc(-c2cc3cccnc3nc2N/N=C(\CCC(=O)O)c2ccc(C)cc2)cc1. The summed E-state index contributed by atoms with van der Waals surface area (Å²) in [6, 6.07) is 21.4. The lowest BCUT2D eigenvalue weighted by Gasteiger charge is -2.12. The van der Waals surface area contributed by atoms with Crippen LogP contribution < -0.4 is 10.2 Å². The summed E-state index contributed by atoms with van der Waals surface area (Å²) in [4.78, 5) is 20.2. The number of benzene rings is 2. The summed E-state index contributed by atoms with van der Waals surface area (Å²) in [5, 5.41) is 14.7. The third-order valence-electron chi connectivity index (χ3n) is 5.25. The van der Waals surface area contributed by atoms with Gasteiger partial charge in [0.2, 0.25) is 0 Å². The topological polar surface area (TPSA) is 96.7 Å². The first-order valence-electron chi connectivity index (χ1n) is 10.5. The van der Waals surface area contributed by atoms with E-state index in [1.165, 1.54) is 0 Å². The number of carboxylic acids is 1. The summed E-state index contributed by atoms with van der Waals surface area (Å²) >= 11 is 0. The average Bonchev–Trinajstić information content (AvgIpc) is 2.84. The molecule has 0 aliphatic heterocycles. The number of hydrazone groups is 1. The summed E-state index contributed by atoms with van der Waals surface area (Å²) in [6.07, 6.45) is 1.96. The highest BCUT2D eigenvalue weighted by molar-refractivity contribution is 6.02. The van der Waals surface area contributed by atoms with E-state index in [1.54, 1.807) is 13.3 Å². The van der Waals surface area contributed by atoms with Gasteiger partial charge in [0.1, 0.15) is 5.75 Å². The van der Waals surface area contributed by atoms with Crippen LogP contribution in [0.15, 0.2) is 78.0 Å². The molecule has 2 N–H and O–H groups in total. The zero-order valence-electron chi connectivity index (χ0n) is 18.4. The van der Waals surface area contributed by atoms with Gasteiger partial charge in [-0.15, -0.1) is 0 Å². The van der Waals surface area contributed by atoms with Crippen molar-refractivity contribution in [2.45, 2.75) is 19.8 Å². The van der Waals surface area contributed by atoms with E-state index in [9.17, 15) is 9.90 Å². The second-order valence-electron chi connectivity index (χ2n) is 7.59. The molecule has 166 valence electrons. The Labute approximate surface area is 191 Å². The molecule has 0 atom stereocenters. The Kier molecular flexibility index (Phi) is 6.59. The van der Waals surface area contributed by atoms with Gasteiger partial charge in [-0.25, -0.2) is 9.97 Å². The van der Waals surface area contributed by atoms with Crippen LogP contribution >= 0.6 is 0 Å². The number of methoxy groups -OCH3 is 1. The van der Waals surface area contributed by atoms with Crippen molar-refractivity contribution in [3.05, 3.63) is 84.1 Å². The molecule has 0 bridgehead atoms. The summed E-state index contributed by atoms with van der Waals surface area (Å²) in [5.74, 6) is 0.421. The molecule has 0 aliphatic carbocycles. The maximum absolute atomic E-state index is 11.2. The fraction of sp³-hybridized carbons (Fsp3) is 0.154. The molecule has 0 saturated carbocycles. The molecule has 7 heteroatoms. The summed E-state index contributed by atoms with van der Waals surface area (Å²) in [6.45, 7) is 2.00. The number of aliphatic carboxylic acids is 1. The van der Waals surface area contributed by atoms with Crippen molar-refractivity contribution in [2.75, 3.05) is 12.5 Å². The van der Waals surface area contributed by atoms with Gasteiger partial charge in [0.05, 0.1) is 19.2 Å². The standard InChI is InChI=1S/C26H24N4O3/c1-17-5-7-19(8-6-17)23(13-14-24(31)32)29-30-26-22(18-9-11-21(33-2)12-10-18)16-20-4-3-15-27-25(20)28-26/h3-12,15-16H,13-14H2,1-2H3,(H,31,32)(H,27,28,30)/b29-23+. The molecular weight excluding hydrogens is 416 g/mol. The number of aryl methyl sites for hydroxylation is 1. The van der Waals surface area contributed by atoms with Crippen molar-refractivity contribution < 1.29 is 14.6 Å². The van der Waals surface area contributed by atoms with E-state index in [1.807, 2.05) is 73.7 Å². The first kappa shape index (κ1) is 22.0. The first-order chi connectivity index (χ1) is 16.0. The van der Waals surface area contributed by atoms with E-state index < -0.39 is 5.97 Å². The largest absolute Gasteiger partial charge is 0.497 e. The Morgan fingerprint density at radius 1 is 1.06 bits per heavy atom. The molecule has 2 aromatic carbocycles. The third-order valence-corrected chi connectivity index (χ3v) is 5.25.